The van der Waals surface area contributed by atoms with Crippen molar-refractivity contribution in [2.75, 3.05) is 7.11 Å². The topological polar surface area (TPSA) is 79.3 Å². The zero-order valence-corrected chi connectivity index (χ0v) is 15.3. The summed E-state index contributed by atoms with van der Waals surface area (Å²) in [6.07, 6.45) is 9.39. The van der Waals surface area contributed by atoms with E-state index in [-0.39, 0.29) is 5.75 Å². The van der Waals surface area contributed by atoms with Crippen LogP contribution >= 0.6 is 0 Å². The van der Waals surface area contributed by atoms with Gasteiger partial charge in [-0.25, -0.2) is 0 Å². The highest BCUT2D eigenvalue weighted by Crippen LogP contribution is 2.21. The van der Waals surface area contributed by atoms with E-state index in [1.54, 1.807) is 43.5 Å². The predicted octanol–water partition coefficient (Wildman–Crippen LogP) is 4.80. The maximum absolute atomic E-state index is 8.97. The van der Waals surface area contributed by atoms with Crippen molar-refractivity contribution in [1.82, 2.24) is 0 Å². The van der Waals surface area contributed by atoms with E-state index in [2.05, 4.69) is 25.6 Å². The molecule has 2 aromatic carbocycles. The first-order valence-electron chi connectivity index (χ1n) is 8.25. The van der Waals surface area contributed by atoms with Crippen molar-refractivity contribution in [3.05, 3.63) is 83.6 Å². The van der Waals surface area contributed by atoms with Gasteiger partial charge in [0.2, 0.25) is 0 Å². The van der Waals surface area contributed by atoms with E-state index < -0.39 is 0 Å². The minimum absolute atomic E-state index is 0.263. The number of nitrogens with two attached hydrogens (primary N) is 1. The minimum Gasteiger partial charge on any atom is -0.508 e. The van der Waals surface area contributed by atoms with Gasteiger partial charge >= 0.3 is 0 Å². The number of nitrogens with one attached hydrogen (secondary N) is 1. The van der Waals surface area contributed by atoms with Crippen LogP contribution in [0.5, 0.6) is 11.5 Å². The molecule has 26 heavy (non-hydrogen) atoms. The Kier molecular flexibility index (Phi) is 9.04. The number of hydrogen-bond acceptors (Lipinski definition) is 4. The maximum Gasteiger partial charge on any atom is 0.126 e. The molecule has 4 heteroatoms. The normalized spacial score (nSPS) is 10.4. The summed E-state index contributed by atoms with van der Waals surface area (Å²) < 4.78 is 5.22. The largest absolute Gasteiger partial charge is 0.508 e. The smallest absolute Gasteiger partial charge is 0.126 e. The van der Waals surface area contributed by atoms with Gasteiger partial charge in [-0.1, -0.05) is 37.8 Å². The van der Waals surface area contributed by atoms with Gasteiger partial charge in [0.05, 0.1) is 7.11 Å². The molecule has 0 saturated carbocycles. The second-order valence-electron chi connectivity index (χ2n) is 5.46. The lowest BCUT2D eigenvalue weighted by Crippen LogP contribution is -1.89. The Hall–Kier alpha value is -3.27. The average Bonchev–Trinajstić information content (AvgIpc) is 2.66. The molecule has 0 aromatic heterocycles. The summed E-state index contributed by atoms with van der Waals surface area (Å²) in [6.45, 7) is 5.65. The first-order chi connectivity index (χ1) is 12.5. The zero-order chi connectivity index (χ0) is 19.4. The Labute approximate surface area is 155 Å². The van der Waals surface area contributed by atoms with Gasteiger partial charge < -0.3 is 21.0 Å². The summed E-state index contributed by atoms with van der Waals surface area (Å²) in [5, 5.41) is 15.9. The highest BCUT2D eigenvalue weighted by molar-refractivity contribution is 5.77. The van der Waals surface area contributed by atoms with Crippen molar-refractivity contribution < 1.29 is 9.84 Å². The van der Waals surface area contributed by atoms with Crippen LogP contribution in [0.3, 0.4) is 0 Å². The van der Waals surface area contributed by atoms with Gasteiger partial charge in [-0.15, -0.1) is 0 Å². The molecule has 0 spiro atoms. The van der Waals surface area contributed by atoms with E-state index in [1.165, 1.54) is 11.8 Å². The molecule has 136 valence electrons. The van der Waals surface area contributed by atoms with Crippen LogP contribution in [0.4, 0.5) is 0 Å². The summed E-state index contributed by atoms with van der Waals surface area (Å²) in [5.41, 5.74) is 9.14. The fourth-order valence-corrected chi connectivity index (χ4v) is 2.07. The van der Waals surface area contributed by atoms with E-state index in [1.807, 2.05) is 18.2 Å². The fraction of sp³-hybridized carbons (Fsp3) is 0.136. The van der Waals surface area contributed by atoms with Gasteiger partial charge in [0.1, 0.15) is 11.5 Å². The standard InChI is InChI=1S/C12H15NO.C10H11NO/c1-3-10-6-7-12(14-2)11(9-10)5-4-8-13;1-8(11)2-3-9-4-6-10(12)7-5-9/h4-9,13H,3H2,1-2H3;2-7,12H,1,11H2/b5-4+,13-8?;3-2+. The Morgan fingerprint density at radius 2 is 1.88 bits per heavy atom. The number of ether oxygens (including phenoxy) is 1. The number of benzene rings is 2. The van der Waals surface area contributed by atoms with E-state index in [0.29, 0.717) is 5.70 Å². The quantitative estimate of drug-likeness (QED) is 0.517. The molecule has 0 aliphatic heterocycles. The summed E-state index contributed by atoms with van der Waals surface area (Å²) >= 11 is 0. The van der Waals surface area contributed by atoms with Crippen molar-refractivity contribution in [3.8, 4) is 11.5 Å². The molecule has 0 aliphatic rings. The third-order valence-electron chi connectivity index (χ3n) is 3.46. The first-order valence-corrected chi connectivity index (χ1v) is 8.25. The van der Waals surface area contributed by atoms with Crippen molar-refractivity contribution in [2.45, 2.75) is 13.3 Å². The molecule has 4 nitrogen and oxygen atoms in total. The van der Waals surface area contributed by atoms with Crippen LogP contribution < -0.4 is 10.5 Å². The molecule has 0 atom stereocenters. The third kappa shape index (κ3) is 7.53. The van der Waals surface area contributed by atoms with Crippen molar-refractivity contribution in [3.63, 3.8) is 0 Å². The molecular weight excluding hydrogens is 324 g/mol. The molecule has 0 radical (unpaired) electrons. The number of aryl methyl sites for hydroxylation is 1. The molecule has 2 aromatic rings. The molecule has 0 unspecified atom stereocenters. The first kappa shape index (κ1) is 20.8. The molecule has 0 amide bonds. The number of rotatable bonds is 6. The number of allylic oxidation sites excluding steroid dienone is 2. The zero-order valence-electron chi connectivity index (χ0n) is 15.3. The second-order valence-corrected chi connectivity index (χ2v) is 5.46. The minimum atomic E-state index is 0.263. The molecular formula is C22H26N2O2. The summed E-state index contributed by atoms with van der Waals surface area (Å²) in [5.74, 6) is 1.11. The Balaban J connectivity index is 0.000000263. The number of phenols is 1. The van der Waals surface area contributed by atoms with E-state index in [0.717, 1.165) is 23.3 Å². The molecule has 0 heterocycles. The third-order valence-corrected chi connectivity index (χ3v) is 3.46. The predicted molar refractivity (Wildman–Crippen MR) is 111 cm³/mol. The van der Waals surface area contributed by atoms with Crippen LogP contribution in [-0.2, 0) is 6.42 Å². The van der Waals surface area contributed by atoms with Crippen molar-refractivity contribution in [1.29, 1.82) is 5.41 Å². The summed E-state index contributed by atoms with van der Waals surface area (Å²) in [4.78, 5) is 0. The maximum atomic E-state index is 8.97. The van der Waals surface area contributed by atoms with Crippen LogP contribution in [0.1, 0.15) is 23.6 Å². The van der Waals surface area contributed by atoms with Gasteiger partial charge in [-0.3, -0.25) is 0 Å². The summed E-state index contributed by atoms with van der Waals surface area (Å²) in [6, 6.07) is 12.9. The Morgan fingerprint density at radius 1 is 1.19 bits per heavy atom. The van der Waals surface area contributed by atoms with Crippen LogP contribution in [0.25, 0.3) is 12.2 Å². The van der Waals surface area contributed by atoms with E-state index in [4.69, 9.17) is 21.0 Å². The molecule has 2 rings (SSSR count). The highest BCUT2D eigenvalue weighted by atomic mass is 16.5. The van der Waals surface area contributed by atoms with Crippen LogP contribution in [0.15, 0.2) is 66.9 Å². The van der Waals surface area contributed by atoms with Gasteiger partial charge in [0.25, 0.3) is 0 Å². The van der Waals surface area contributed by atoms with Crippen molar-refractivity contribution in [2.24, 2.45) is 5.73 Å². The Bertz CT molecular complexity index is 775. The Morgan fingerprint density at radius 3 is 2.42 bits per heavy atom. The molecule has 0 bridgehead atoms. The number of hydrogen-bond donors (Lipinski definition) is 3. The molecule has 0 fully saturated rings. The lowest BCUT2D eigenvalue weighted by atomic mass is 10.1. The number of methoxy groups -OCH3 is 1. The van der Waals surface area contributed by atoms with E-state index in [9.17, 15) is 0 Å². The van der Waals surface area contributed by atoms with Gasteiger partial charge in [-0.05, 0) is 60.0 Å². The van der Waals surface area contributed by atoms with Crippen LogP contribution in [0.2, 0.25) is 0 Å². The molecule has 4 N–H and O–H groups in total. The lowest BCUT2D eigenvalue weighted by Gasteiger charge is -2.06. The van der Waals surface area contributed by atoms with Gasteiger partial charge in [-0.2, -0.15) is 0 Å². The van der Waals surface area contributed by atoms with Crippen molar-refractivity contribution >= 4 is 18.4 Å². The second kappa shape index (κ2) is 11.3. The summed E-state index contributed by atoms with van der Waals surface area (Å²) in [7, 11) is 1.66. The molecule has 0 aliphatic carbocycles. The van der Waals surface area contributed by atoms with Gasteiger partial charge in [0, 0.05) is 17.5 Å². The SMILES string of the molecule is C=C(N)/C=C/c1ccc(O)cc1.CCc1ccc(OC)c(/C=C/C=N)c1. The number of aromatic hydroxyl groups is 1. The average molecular weight is 350 g/mol. The molecule has 0 saturated heterocycles. The van der Waals surface area contributed by atoms with Crippen LogP contribution in [-0.4, -0.2) is 18.4 Å². The van der Waals surface area contributed by atoms with Gasteiger partial charge in [0.15, 0.2) is 0 Å². The lowest BCUT2D eigenvalue weighted by molar-refractivity contribution is 0.413. The van der Waals surface area contributed by atoms with Crippen LogP contribution in [0, 0.1) is 5.41 Å². The van der Waals surface area contributed by atoms with E-state index >= 15 is 0 Å². The fourth-order valence-electron chi connectivity index (χ4n) is 2.07. The highest BCUT2D eigenvalue weighted by Gasteiger charge is 1.99. The monoisotopic (exact) mass is 350 g/mol. The number of phenolic OH excluding ortho intramolecular Hbond substituents is 1.